The third kappa shape index (κ3) is 4.96. The van der Waals surface area contributed by atoms with Crippen LogP contribution >= 0.6 is 0 Å². The molecule has 228 valence electrons. The number of hydrogen-bond donors (Lipinski definition) is 0. The number of alkyl halides is 4. The maximum absolute atomic E-state index is 14.3. The van der Waals surface area contributed by atoms with E-state index in [0.29, 0.717) is 37.8 Å². The molecule has 0 spiro atoms. The molecule has 0 N–H and O–H groups in total. The van der Waals surface area contributed by atoms with Crippen LogP contribution in [0.25, 0.3) is 11.1 Å². The number of nitrogens with zero attached hydrogens (tertiary/aromatic N) is 3. The van der Waals surface area contributed by atoms with E-state index in [9.17, 15) is 22.4 Å². The van der Waals surface area contributed by atoms with Crippen LogP contribution in [0.15, 0.2) is 53.1 Å². The molecule has 0 atom stereocenters. The van der Waals surface area contributed by atoms with Gasteiger partial charge in [0, 0.05) is 30.0 Å². The second-order valence-electron chi connectivity index (χ2n) is 14.4. The summed E-state index contributed by atoms with van der Waals surface area (Å²) in [6, 6.07) is 12.6. The van der Waals surface area contributed by atoms with Gasteiger partial charge in [-0.25, -0.2) is 4.39 Å². The van der Waals surface area contributed by atoms with E-state index in [1.54, 1.807) is 0 Å². The van der Waals surface area contributed by atoms with Crippen molar-refractivity contribution in [1.29, 1.82) is 0 Å². The number of halogens is 4. The third-order valence-corrected chi connectivity index (χ3v) is 10.9. The smallest absolute Gasteiger partial charge is 0.339 e. The van der Waals surface area contributed by atoms with Crippen LogP contribution in [0.4, 0.5) is 23.2 Å². The first-order chi connectivity index (χ1) is 20.3. The molecule has 0 saturated heterocycles. The third-order valence-electron chi connectivity index (χ3n) is 10.9. The SMILES string of the molecule is CC(C)c1noc(C23CCC(CN(C(=O)CC45CC(F)(C4)C5)c4cccc(-c5ccc(C(F)(F)F)cc5)c4)(CC2)CC3)n1. The fraction of sp³-hybridized carbons (Fsp3) is 0.559. The Kier molecular flexibility index (Phi) is 6.39. The summed E-state index contributed by atoms with van der Waals surface area (Å²) in [4.78, 5) is 20.7. The molecule has 1 aromatic heterocycles. The Morgan fingerprint density at radius 2 is 1.58 bits per heavy atom. The van der Waals surface area contributed by atoms with Crippen molar-refractivity contribution in [2.45, 2.75) is 101 Å². The van der Waals surface area contributed by atoms with Crippen LogP contribution in [0.3, 0.4) is 0 Å². The average Bonchev–Trinajstić information content (AvgIpc) is 3.47. The molecule has 4 bridgehead atoms. The maximum atomic E-state index is 14.3. The fourth-order valence-electron chi connectivity index (χ4n) is 8.33. The van der Waals surface area contributed by atoms with Gasteiger partial charge < -0.3 is 9.42 Å². The molecule has 0 aliphatic heterocycles. The molecule has 3 aromatic rings. The van der Waals surface area contributed by atoms with E-state index in [1.165, 1.54) is 12.1 Å². The molecule has 1 amide bonds. The second kappa shape index (κ2) is 9.63. The zero-order chi connectivity index (χ0) is 30.3. The Labute approximate surface area is 249 Å². The molecule has 9 heteroatoms. The van der Waals surface area contributed by atoms with Crippen LogP contribution in [0, 0.1) is 10.8 Å². The van der Waals surface area contributed by atoms with Gasteiger partial charge >= 0.3 is 6.18 Å². The van der Waals surface area contributed by atoms with Crippen molar-refractivity contribution in [2.24, 2.45) is 10.8 Å². The van der Waals surface area contributed by atoms with Crippen LogP contribution in [-0.2, 0) is 16.4 Å². The number of amides is 1. The van der Waals surface area contributed by atoms with Gasteiger partial charge in [0.15, 0.2) is 5.82 Å². The molecule has 2 aromatic carbocycles. The number of benzene rings is 2. The molecular formula is C34H37F4N3O2. The maximum Gasteiger partial charge on any atom is 0.416 e. The van der Waals surface area contributed by atoms with Crippen molar-refractivity contribution in [2.75, 3.05) is 11.4 Å². The van der Waals surface area contributed by atoms with Crippen LogP contribution < -0.4 is 4.90 Å². The van der Waals surface area contributed by atoms with Crippen LogP contribution in [-0.4, -0.2) is 28.3 Å². The zero-order valence-corrected chi connectivity index (χ0v) is 24.6. The largest absolute Gasteiger partial charge is 0.416 e. The minimum absolute atomic E-state index is 0.00146. The van der Waals surface area contributed by atoms with E-state index in [1.807, 2.05) is 29.2 Å². The van der Waals surface area contributed by atoms with Crippen LogP contribution in [0.5, 0.6) is 0 Å². The number of carbonyl (C=O) groups is 1. The van der Waals surface area contributed by atoms with Gasteiger partial charge in [-0.3, -0.25) is 4.79 Å². The van der Waals surface area contributed by atoms with Crippen LogP contribution in [0.2, 0.25) is 0 Å². The summed E-state index contributed by atoms with van der Waals surface area (Å²) in [6.07, 6.45) is 2.89. The van der Waals surface area contributed by atoms with Crippen molar-refractivity contribution in [3.8, 4) is 11.1 Å². The summed E-state index contributed by atoms with van der Waals surface area (Å²) in [5.74, 6) is 1.68. The Morgan fingerprint density at radius 1 is 0.930 bits per heavy atom. The van der Waals surface area contributed by atoms with Gasteiger partial charge in [-0.1, -0.05) is 43.3 Å². The molecule has 6 saturated carbocycles. The molecule has 43 heavy (non-hydrogen) atoms. The lowest BCUT2D eigenvalue weighted by atomic mass is 9.41. The van der Waals surface area contributed by atoms with Crippen molar-refractivity contribution < 1.29 is 26.9 Å². The van der Waals surface area contributed by atoms with Gasteiger partial charge in [0.2, 0.25) is 11.8 Å². The van der Waals surface area contributed by atoms with Crippen molar-refractivity contribution >= 4 is 11.6 Å². The average molecular weight is 596 g/mol. The molecular weight excluding hydrogens is 558 g/mol. The summed E-state index contributed by atoms with van der Waals surface area (Å²) < 4.78 is 59.5. The van der Waals surface area contributed by atoms with Gasteiger partial charge in [-0.15, -0.1) is 0 Å². The Balaban J connectivity index is 1.14. The predicted molar refractivity (Wildman–Crippen MR) is 154 cm³/mol. The molecule has 1 heterocycles. The Bertz CT molecular complexity index is 1500. The van der Waals surface area contributed by atoms with E-state index < -0.39 is 17.4 Å². The van der Waals surface area contributed by atoms with Gasteiger partial charge in [0.05, 0.1) is 5.56 Å². The molecule has 6 aliphatic carbocycles. The van der Waals surface area contributed by atoms with E-state index in [-0.39, 0.29) is 28.1 Å². The number of rotatable bonds is 8. The number of anilines is 1. The number of fused-ring (bicyclic) bond motifs is 3. The minimum atomic E-state index is -4.40. The Morgan fingerprint density at radius 3 is 2.14 bits per heavy atom. The summed E-state index contributed by atoms with van der Waals surface area (Å²) in [5.41, 5.74) is -0.0275. The highest BCUT2D eigenvalue weighted by atomic mass is 19.4. The molecule has 6 fully saturated rings. The van der Waals surface area contributed by atoms with E-state index in [0.717, 1.165) is 73.6 Å². The number of carbonyl (C=O) groups excluding carboxylic acids is 1. The topological polar surface area (TPSA) is 59.2 Å². The van der Waals surface area contributed by atoms with E-state index in [4.69, 9.17) is 9.51 Å². The molecule has 0 unspecified atom stereocenters. The van der Waals surface area contributed by atoms with E-state index in [2.05, 4.69) is 19.0 Å². The van der Waals surface area contributed by atoms with Crippen LogP contribution in [0.1, 0.15) is 101 Å². The molecule has 9 rings (SSSR count). The summed E-state index contributed by atoms with van der Waals surface area (Å²) in [6.45, 7) is 4.67. The minimum Gasteiger partial charge on any atom is -0.339 e. The monoisotopic (exact) mass is 595 g/mol. The molecule has 5 nitrogen and oxygen atoms in total. The standard InChI is InChI=1S/C34H37F4N3O2/c1-22(2)28-39-29(43-40-28)32-13-10-30(11-14-32,12-15-32)21-41(27(42)17-31-18-33(35,19-31)20-31)26-5-3-4-24(16-26)23-6-8-25(9-7-23)34(36,37)38/h3-9,16,22H,10-15,17-21H2,1-2H3. The summed E-state index contributed by atoms with van der Waals surface area (Å²) in [5, 5.41) is 4.21. The van der Waals surface area contributed by atoms with Crippen molar-refractivity contribution in [3.63, 3.8) is 0 Å². The zero-order valence-electron chi connectivity index (χ0n) is 24.6. The van der Waals surface area contributed by atoms with Gasteiger partial charge in [0.1, 0.15) is 5.67 Å². The highest BCUT2D eigenvalue weighted by Crippen LogP contribution is 2.71. The lowest BCUT2D eigenvalue weighted by molar-refractivity contribution is -0.215. The highest BCUT2D eigenvalue weighted by molar-refractivity contribution is 5.95. The summed E-state index contributed by atoms with van der Waals surface area (Å²) in [7, 11) is 0. The first-order valence-electron chi connectivity index (χ1n) is 15.4. The predicted octanol–water partition coefficient (Wildman–Crippen LogP) is 8.79. The fourth-order valence-corrected chi connectivity index (χ4v) is 8.33. The number of aromatic nitrogens is 2. The lowest BCUT2D eigenvalue weighted by Crippen LogP contribution is -2.65. The molecule has 6 aliphatic rings. The first-order valence-corrected chi connectivity index (χ1v) is 15.4. The Hall–Kier alpha value is -3.23. The summed E-state index contributed by atoms with van der Waals surface area (Å²) >= 11 is 0. The van der Waals surface area contributed by atoms with Gasteiger partial charge in [-0.05, 0) is 104 Å². The van der Waals surface area contributed by atoms with Crippen molar-refractivity contribution in [1.82, 2.24) is 10.1 Å². The van der Waals surface area contributed by atoms with Gasteiger partial charge in [-0.2, -0.15) is 18.2 Å². The van der Waals surface area contributed by atoms with Crippen molar-refractivity contribution in [3.05, 3.63) is 65.8 Å². The second-order valence-corrected chi connectivity index (χ2v) is 14.4. The van der Waals surface area contributed by atoms with Gasteiger partial charge in [0.25, 0.3) is 0 Å². The molecule has 0 radical (unpaired) electrons. The lowest BCUT2D eigenvalue weighted by Gasteiger charge is -2.66. The normalized spacial score (nSPS) is 31.0. The number of hydrogen-bond acceptors (Lipinski definition) is 4. The highest BCUT2D eigenvalue weighted by Gasteiger charge is 2.69. The quantitative estimate of drug-likeness (QED) is 0.244. The first kappa shape index (κ1) is 28.5. The van der Waals surface area contributed by atoms with E-state index >= 15 is 0 Å².